The number of benzene rings is 1. The van der Waals surface area contributed by atoms with Gasteiger partial charge in [-0.25, -0.2) is 8.42 Å². The number of sulfonamides is 1. The van der Waals surface area contributed by atoms with E-state index in [1.165, 1.54) is 36.0 Å². The van der Waals surface area contributed by atoms with Crippen molar-refractivity contribution in [3.63, 3.8) is 0 Å². The summed E-state index contributed by atoms with van der Waals surface area (Å²) in [5.41, 5.74) is 0. The number of nitrogens with one attached hydrogen (secondary N) is 1. The largest absolute Gasteiger partial charge is 0.494 e. The van der Waals surface area contributed by atoms with E-state index >= 15 is 0 Å². The van der Waals surface area contributed by atoms with Crippen LogP contribution in [0, 0.1) is 0 Å². The smallest absolute Gasteiger partial charge is 0.321 e. The van der Waals surface area contributed by atoms with Crippen molar-refractivity contribution in [2.75, 3.05) is 18.6 Å². The van der Waals surface area contributed by atoms with Crippen LogP contribution in [0.4, 0.5) is 0 Å². The van der Waals surface area contributed by atoms with Crippen LogP contribution in [0.15, 0.2) is 29.2 Å². The first-order chi connectivity index (χ1) is 9.90. The van der Waals surface area contributed by atoms with Gasteiger partial charge in [-0.15, -0.1) is 0 Å². The second kappa shape index (κ2) is 8.26. The van der Waals surface area contributed by atoms with Crippen molar-refractivity contribution in [1.29, 1.82) is 0 Å². The Morgan fingerprint density at radius 3 is 2.48 bits per heavy atom. The molecule has 0 aliphatic carbocycles. The van der Waals surface area contributed by atoms with Gasteiger partial charge in [-0.05, 0) is 49.6 Å². The number of carboxylic acid groups (broad SMARTS) is 1. The van der Waals surface area contributed by atoms with E-state index in [1.807, 2.05) is 13.2 Å². The highest BCUT2D eigenvalue weighted by Gasteiger charge is 2.24. The summed E-state index contributed by atoms with van der Waals surface area (Å²) in [6.07, 6.45) is 2.06. The van der Waals surface area contributed by atoms with Gasteiger partial charge in [0.25, 0.3) is 0 Å². The first-order valence-corrected chi connectivity index (χ1v) is 9.25. The van der Waals surface area contributed by atoms with E-state index < -0.39 is 22.0 Å². The number of aliphatic carboxylic acids is 1. The fourth-order valence-corrected chi connectivity index (χ4v) is 3.30. The predicted octanol–water partition coefficient (Wildman–Crippen LogP) is 1.57. The molecule has 8 heteroatoms. The third-order valence-corrected chi connectivity index (χ3v) is 4.78. The Morgan fingerprint density at radius 1 is 1.38 bits per heavy atom. The molecule has 1 rings (SSSR count). The molecule has 1 atom stereocenters. The molecule has 21 heavy (non-hydrogen) atoms. The van der Waals surface area contributed by atoms with E-state index in [-0.39, 0.29) is 11.3 Å². The Kier molecular flexibility index (Phi) is 7.00. The van der Waals surface area contributed by atoms with E-state index in [2.05, 4.69) is 4.72 Å². The zero-order valence-electron chi connectivity index (χ0n) is 11.9. The van der Waals surface area contributed by atoms with Crippen molar-refractivity contribution in [3.8, 4) is 5.75 Å². The number of hydrogen-bond donors (Lipinski definition) is 2. The molecule has 118 valence electrons. The summed E-state index contributed by atoms with van der Waals surface area (Å²) in [6.45, 7) is 2.32. The molecular formula is C13H19NO5S2. The van der Waals surface area contributed by atoms with Gasteiger partial charge in [-0.2, -0.15) is 16.5 Å². The lowest BCUT2D eigenvalue weighted by atomic mass is 10.2. The number of rotatable bonds is 9. The van der Waals surface area contributed by atoms with Gasteiger partial charge in [0.15, 0.2) is 0 Å². The second-order valence-corrected chi connectivity index (χ2v) is 6.90. The Balaban J connectivity index is 2.85. The number of ether oxygens (including phenoxy) is 1. The van der Waals surface area contributed by atoms with Crippen LogP contribution in [-0.2, 0) is 14.8 Å². The molecule has 0 heterocycles. The van der Waals surface area contributed by atoms with Crippen LogP contribution in [0.25, 0.3) is 0 Å². The van der Waals surface area contributed by atoms with Gasteiger partial charge in [-0.1, -0.05) is 0 Å². The lowest BCUT2D eigenvalue weighted by molar-refractivity contribution is -0.139. The molecule has 0 aromatic heterocycles. The first-order valence-electron chi connectivity index (χ1n) is 6.37. The third kappa shape index (κ3) is 5.56. The molecule has 2 N–H and O–H groups in total. The molecule has 1 unspecified atom stereocenters. The molecule has 0 bridgehead atoms. The van der Waals surface area contributed by atoms with Gasteiger partial charge in [0.05, 0.1) is 11.5 Å². The summed E-state index contributed by atoms with van der Waals surface area (Å²) in [4.78, 5) is 11.1. The summed E-state index contributed by atoms with van der Waals surface area (Å²) in [5.74, 6) is -0.0601. The molecule has 6 nitrogen and oxygen atoms in total. The summed E-state index contributed by atoms with van der Waals surface area (Å²) in [5, 5.41) is 9.07. The average Bonchev–Trinajstić information content (AvgIpc) is 2.44. The van der Waals surface area contributed by atoms with Crippen LogP contribution in [0.1, 0.15) is 13.3 Å². The van der Waals surface area contributed by atoms with E-state index in [4.69, 9.17) is 9.84 Å². The molecule has 1 aromatic carbocycles. The van der Waals surface area contributed by atoms with E-state index in [0.29, 0.717) is 18.1 Å². The van der Waals surface area contributed by atoms with Gasteiger partial charge in [0.1, 0.15) is 11.8 Å². The number of hydrogen-bond acceptors (Lipinski definition) is 5. The molecule has 0 aliphatic rings. The van der Waals surface area contributed by atoms with Gasteiger partial charge in [0.2, 0.25) is 10.0 Å². The molecule has 0 saturated heterocycles. The molecule has 0 spiro atoms. The maximum absolute atomic E-state index is 12.2. The van der Waals surface area contributed by atoms with Crippen LogP contribution >= 0.6 is 11.8 Å². The third-order valence-electron chi connectivity index (χ3n) is 2.65. The highest BCUT2D eigenvalue weighted by atomic mass is 32.2. The molecular weight excluding hydrogens is 314 g/mol. The summed E-state index contributed by atoms with van der Waals surface area (Å²) < 4.78 is 31.8. The van der Waals surface area contributed by atoms with Gasteiger partial charge < -0.3 is 9.84 Å². The van der Waals surface area contributed by atoms with E-state index in [0.717, 1.165) is 0 Å². The normalized spacial score (nSPS) is 12.9. The summed E-state index contributed by atoms with van der Waals surface area (Å²) in [6, 6.07) is 4.72. The van der Waals surface area contributed by atoms with Gasteiger partial charge >= 0.3 is 5.97 Å². The monoisotopic (exact) mass is 333 g/mol. The zero-order valence-corrected chi connectivity index (χ0v) is 13.5. The first kappa shape index (κ1) is 17.8. The fourth-order valence-electron chi connectivity index (χ4n) is 1.61. The lowest BCUT2D eigenvalue weighted by Gasteiger charge is -2.14. The van der Waals surface area contributed by atoms with Crippen molar-refractivity contribution < 1.29 is 23.1 Å². The average molecular weight is 333 g/mol. The molecule has 1 aromatic rings. The van der Waals surface area contributed by atoms with Crippen LogP contribution in [0.2, 0.25) is 0 Å². The highest BCUT2D eigenvalue weighted by molar-refractivity contribution is 7.98. The fraction of sp³-hybridized carbons (Fsp3) is 0.462. The van der Waals surface area contributed by atoms with Crippen LogP contribution < -0.4 is 9.46 Å². The quantitative estimate of drug-likeness (QED) is 0.712. The minimum atomic E-state index is -3.86. The Morgan fingerprint density at radius 2 is 2.00 bits per heavy atom. The van der Waals surface area contributed by atoms with Crippen molar-refractivity contribution in [3.05, 3.63) is 24.3 Å². The van der Waals surface area contributed by atoms with Crippen molar-refractivity contribution in [2.24, 2.45) is 0 Å². The van der Waals surface area contributed by atoms with Crippen molar-refractivity contribution >= 4 is 27.8 Å². The SMILES string of the molecule is CCOc1ccc(S(=O)(=O)NC(CCSC)C(=O)O)cc1. The number of carboxylic acids is 1. The minimum absolute atomic E-state index is 0.0151. The number of thioether (sulfide) groups is 1. The van der Waals surface area contributed by atoms with Crippen LogP contribution in [0.5, 0.6) is 5.75 Å². The number of carbonyl (C=O) groups is 1. The van der Waals surface area contributed by atoms with Crippen molar-refractivity contribution in [1.82, 2.24) is 4.72 Å². The summed E-state index contributed by atoms with van der Waals surface area (Å²) in [7, 11) is -3.86. The van der Waals surface area contributed by atoms with Crippen LogP contribution in [-0.4, -0.2) is 44.2 Å². The Bertz CT molecular complexity index is 556. The van der Waals surface area contributed by atoms with Gasteiger partial charge in [0, 0.05) is 0 Å². The predicted molar refractivity (Wildman–Crippen MR) is 82.4 cm³/mol. The minimum Gasteiger partial charge on any atom is -0.494 e. The maximum Gasteiger partial charge on any atom is 0.321 e. The van der Waals surface area contributed by atoms with Crippen LogP contribution in [0.3, 0.4) is 0 Å². The van der Waals surface area contributed by atoms with Crippen molar-refractivity contribution in [2.45, 2.75) is 24.3 Å². The Labute approximate surface area is 128 Å². The van der Waals surface area contributed by atoms with E-state index in [9.17, 15) is 13.2 Å². The standard InChI is InChI=1S/C13H19NO5S2/c1-3-19-10-4-6-11(7-5-10)21(17,18)14-12(13(15)16)8-9-20-2/h4-7,12,14H,3,8-9H2,1-2H3,(H,15,16). The van der Waals surface area contributed by atoms with E-state index in [1.54, 1.807) is 0 Å². The maximum atomic E-state index is 12.2. The molecule has 0 radical (unpaired) electrons. The summed E-state index contributed by atoms with van der Waals surface area (Å²) >= 11 is 1.46. The topological polar surface area (TPSA) is 92.7 Å². The lowest BCUT2D eigenvalue weighted by Crippen LogP contribution is -2.41. The van der Waals surface area contributed by atoms with Gasteiger partial charge in [-0.3, -0.25) is 4.79 Å². The molecule has 0 amide bonds. The second-order valence-electron chi connectivity index (χ2n) is 4.20. The highest BCUT2D eigenvalue weighted by Crippen LogP contribution is 2.16. The molecule has 0 saturated carbocycles. The molecule has 0 aliphatic heterocycles. The molecule has 0 fully saturated rings. The Hall–Kier alpha value is -1.25. The zero-order chi connectivity index (χ0) is 15.9.